The number of nitrogens with one attached hydrogen (secondary N) is 2. The Hall–Kier alpha value is -3.49. The Balaban J connectivity index is 1.52. The molecule has 1 aliphatic rings. The molecule has 3 aromatic rings. The Morgan fingerprint density at radius 3 is 2.62 bits per heavy atom. The molecule has 1 amide bonds. The van der Waals surface area contributed by atoms with Crippen molar-refractivity contribution in [3.05, 3.63) is 79.7 Å². The predicted molar refractivity (Wildman–Crippen MR) is 178 cm³/mol. The zero-order valence-corrected chi connectivity index (χ0v) is 27.4. The van der Waals surface area contributed by atoms with Gasteiger partial charge in [-0.2, -0.15) is 4.31 Å². The first-order chi connectivity index (χ1) is 21.6. The number of amides is 1. The van der Waals surface area contributed by atoms with E-state index >= 15 is 0 Å². The van der Waals surface area contributed by atoms with Gasteiger partial charge in [-0.25, -0.2) is 18.2 Å². The number of hydrogen-bond acceptors (Lipinski definition) is 10. The number of ether oxygens (including phenoxy) is 2. The van der Waals surface area contributed by atoms with Crippen LogP contribution in [0, 0.1) is 5.92 Å². The number of hydrogen-bond donors (Lipinski definition) is 3. The van der Waals surface area contributed by atoms with Crippen LogP contribution in [0.1, 0.15) is 25.8 Å². The summed E-state index contributed by atoms with van der Waals surface area (Å²) in [5, 5.41) is 18.2. The van der Waals surface area contributed by atoms with E-state index in [1.54, 1.807) is 30.6 Å². The van der Waals surface area contributed by atoms with Crippen LogP contribution in [0.25, 0.3) is 10.2 Å². The van der Waals surface area contributed by atoms with Crippen LogP contribution in [0.5, 0.6) is 0 Å². The van der Waals surface area contributed by atoms with Crippen molar-refractivity contribution in [2.75, 3.05) is 44.7 Å². The summed E-state index contributed by atoms with van der Waals surface area (Å²) in [6.45, 7) is 13.4. The summed E-state index contributed by atoms with van der Waals surface area (Å²) in [7, 11) is -4.02. The normalized spacial score (nSPS) is 16.4. The van der Waals surface area contributed by atoms with Crippen molar-refractivity contribution in [1.82, 2.24) is 19.5 Å². The van der Waals surface area contributed by atoms with E-state index in [9.17, 15) is 18.3 Å². The van der Waals surface area contributed by atoms with Crippen molar-refractivity contribution >= 4 is 42.8 Å². The van der Waals surface area contributed by atoms with Gasteiger partial charge in [-0.05, 0) is 48.5 Å². The average Bonchev–Trinajstić information content (AvgIpc) is 3.68. The topological polar surface area (TPSA) is 133 Å². The number of aliphatic hydroxyl groups is 1. The van der Waals surface area contributed by atoms with Crippen LogP contribution in [0.15, 0.2) is 79.0 Å². The lowest BCUT2D eigenvalue weighted by molar-refractivity contribution is 0.0644. The van der Waals surface area contributed by atoms with Gasteiger partial charge >= 0.3 is 6.09 Å². The highest BCUT2D eigenvalue weighted by Crippen LogP contribution is 2.30. The molecule has 3 unspecified atom stereocenters. The molecule has 0 radical (unpaired) electrons. The number of rotatable bonds is 17. The molecule has 3 N–H and O–H groups in total. The number of nitrogens with zero attached hydrogens (tertiary/aromatic N) is 3. The fourth-order valence-electron chi connectivity index (χ4n) is 4.95. The number of benzene rings is 2. The fourth-order valence-corrected chi connectivity index (χ4v) is 7.60. The molecule has 0 spiro atoms. The van der Waals surface area contributed by atoms with Crippen molar-refractivity contribution < 1.29 is 27.8 Å². The molecule has 1 saturated heterocycles. The molecule has 3 atom stereocenters. The number of sulfonamides is 1. The highest BCUT2D eigenvalue weighted by Gasteiger charge is 2.32. The summed E-state index contributed by atoms with van der Waals surface area (Å²) in [6, 6.07) is 13.5. The van der Waals surface area contributed by atoms with Crippen LogP contribution in [0.2, 0.25) is 0 Å². The summed E-state index contributed by atoms with van der Waals surface area (Å²) < 4.78 is 40.9. The van der Waals surface area contributed by atoms with Gasteiger partial charge in [0.1, 0.15) is 6.10 Å². The molecule has 11 nitrogen and oxygen atoms in total. The van der Waals surface area contributed by atoms with E-state index in [-0.39, 0.29) is 36.4 Å². The van der Waals surface area contributed by atoms with Gasteiger partial charge in [0.15, 0.2) is 5.13 Å². The van der Waals surface area contributed by atoms with Crippen molar-refractivity contribution in [3.63, 3.8) is 0 Å². The quantitative estimate of drug-likeness (QED) is 0.193. The smallest absolute Gasteiger partial charge is 0.407 e. The highest BCUT2D eigenvalue weighted by atomic mass is 32.2. The van der Waals surface area contributed by atoms with Gasteiger partial charge in [0.2, 0.25) is 10.0 Å². The second-order valence-corrected chi connectivity index (χ2v) is 14.3. The van der Waals surface area contributed by atoms with Crippen LogP contribution in [-0.4, -0.2) is 91.4 Å². The van der Waals surface area contributed by atoms with Crippen molar-refractivity contribution in [2.45, 2.75) is 49.8 Å². The number of thiazole rings is 1. The molecular weight excluding hydrogens is 615 g/mol. The van der Waals surface area contributed by atoms with E-state index in [4.69, 9.17) is 9.47 Å². The first-order valence-electron chi connectivity index (χ1n) is 15.0. The molecule has 2 aromatic carbocycles. The molecule has 45 heavy (non-hydrogen) atoms. The molecule has 4 rings (SSSR count). The van der Waals surface area contributed by atoms with Gasteiger partial charge in [0.25, 0.3) is 0 Å². The Labute approximate surface area is 269 Å². The third kappa shape index (κ3) is 9.75. The second kappa shape index (κ2) is 16.2. The Bertz CT molecular complexity index is 1520. The van der Waals surface area contributed by atoms with Gasteiger partial charge in [-0.3, -0.25) is 0 Å². The van der Waals surface area contributed by atoms with Crippen LogP contribution in [-0.2, 0) is 25.9 Å². The molecule has 2 heterocycles. The molecule has 0 bridgehead atoms. The summed E-state index contributed by atoms with van der Waals surface area (Å²) in [5.74, 6) is -0.0199. The zero-order chi connectivity index (χ0) is 32.4. The molecular formula is C32H43N5O6S2. The van der Waals surface area contributed by atoms with Crippen LogP contribution < -0.4 is 10.6 Å². The molecule has 1 fully saturated rings. The SMILES string of the molecule is C=CN(C=C)CCNc1nc2ccc(S(=O)(=O)N(CC(C)C)CC(O)C(Cc3ccccc3)NC(=O)OC3CCOC3)cc2s1. The van der Waals surface area contributed by atoms with Gasteiger partial charge in [-0.15, -0.1) is 0 Å². The first kappa shape index (κ1) is 34.4. The maximum absolute atomic E-state index is 14.0. The number of aliphatic hydroxyl groups excluding tert-OH is 1. The first-order valence-corrected chi connectivity index (χ1v) is 17.3. The van der Waals surface area contributed by atoms with Gasteiger partial charge in [0, 0.05) is 32.6 Å². The third-order valence-electron chi connectivity index (χ3n) is 7.30. The number of carbonyl (C=O) groups excluding carboxylic acids is 1. The maximum atomic E-state index is 14.0. The molecule has 0 saturated carbocycles. The van der Waals surface area contributed by atoms with Crippen molar-refractivity contribution in [1.29, 1.82) is 0 Å². The van der Waals surface area contributed by atoms with E-state index in [0.717, 1.165) is 10.3 Å². The van der Waals surface area contributed by atoms with Crippen LogP contribution in [0.4, 0.5) is 9.93 Å². The minimum atomic E-state index is -4.02. The zero-order valence-electron chi connectivity index (χ0n) is 25.8. The summed E-state index contributed by atoms with van der Waals surface area (Å²) in [5.41, 5.74) is 1.56. The summed E-state index contributed by atoms with van der Waals surface area (Å²) >= 11 is 1.36. The number of alkyl carbamates (subject to hydrolysis) is 1. The van der Waals surface area contributed by atoms with E-state index in [1.165, 1.54) is 15.6 Å². The Morgan fingerprint density at radius 1 is 1.20 bits per heavy atom. The van der Waals surface area contributed by atoms with Gasteiger partial charge in [-0.1, -0.05) is 68.7 Å². The molecule has 1 aliphatic heterocycles. The Morgan fingerprint density at radius 2 is 1.96 bits per heavy atom. The molecule has 244 valence electrons. The lowest BCUT2D eigenvalue weighted by atomic mass is 10.0. The number of anilines is 1. The number of carbonyl (C=O) groups is 1. The van der Waals surface area contributed by atoms with Crippen LogP contribution >= 0.6 is 11.3 Å². The average molecular weight is 658 g/mol. The maximum Gasteiger partial charge on any atom is 0.407 e. The van der Waals surface area contributed by atoms with E-state index in [2.05, 4.69) is 28.8 Å². The highest BCUT2D eigenvalue weighted by molar-refractivity contribution is 7.89. The van der Waals surface area contributed by atoms with Crippen molar-refractivity contribution in [3.8, 4) is 0 Å². The Kier molecular flexibility index (Phi) is 12.4. The standard InChI is InChI=1S/C32H43N5O6S2/c1-5-36(6-2)16-15-33-31-34-27-13-12-26(19-30(27)44-31)45(40,41)37(20-23(3)4)21-29(38)28(18-24-10-8-7-9-11-24)35-32(39)43-25-14-17-42-22-25/h5-13,19,23,25,28-29,38H,1-2,14-18,20-22H2,3-4H3,(H,33,34)(H,35,39). The van der Waals surface area contributed by atoms with Gasteiger partial charge < -0.3 is 30.1 Å². The lowest BCUT2D eigenvalue weighted by Crippen LogP contribution is -2.51. The predicted octanol–water partition coefficient (Wildman–Crippen LogP) is 4.43. The summed E-state index contributed by atoms with van der Waals surface area (Å²) in [4.78, 5) is 19.3. The van der Waals surface area contributed by atoms with E-state index in [0.29, 0.717) is 43.4 Å². The minimum Gasteiger partial charge on any atom is -0.444 e. The molecule has 0 aliphatic carbocycles. The van der Waals surface area contributed by atoms with Gasteiger partial charge in [0.05, 0.1) is 40.5 Å². The number of aromatic nitrogens is 1. The largest absolute Gasteiger partial charge is 0.444 e. The summed E-state index contributed by atoms with van der Waals surface area (Å²) in [6.07, 6.45) is 2.00. The van der Waals surface area contributed by atoms with E-state index < -0.39 is 28.3 Å². The molecule has 1 aromatic heterocycles. The molecule has 13 heteroatoms. The minimum absolute atomic E-state index is 0.0199. The second-order valence-electron chi connectivity index (χ2n) is 11.3. The fraction of sp³-hybridized carbons (Fsp3) is 0.438. The lowest BCUT2D eigenvalue weighted by Gasteiger charge is -2.30. The van der Waals surface area contributed by atoms with E-state index in [1.807, 2.05) is 49.1 Å². The monoisotopic (exact) mass is 657 g/mol. The number of fused-ring (bicyclic) bond motifs is 1. The van der Waals surface area contributed by atoms with Crippen LogP contribution in [0.3, 0.4) is 0 Å². The van der Waals surface area contributed by atoms with Crippen molar-refractivity contribution in [2.24, 2.45) is 5.92 Å². The third-order valence-corrected chi connectivity index (χ3v) is 10.1.